The normalized spacial score (nSPS) is 12.5. The number of rotatable bonds is 3. The summed E-state index contributed by atoms with van der Waals surface area (Å²) in [5, 5.41) is 0. The van der Waals surface area contributed by atoms with E-state index in [1.807, 2.05) is 6.26 Å². The Morgan fingerprint density at radius 1 is 1.29 bits per heavy atom. The average molecular weight is 271 g/mol. The molecule has 0 bridgehead atoms. The van der Waals surface area contributed by atoms with Crippen LogP contribution < -0.4 is 0 Å². The SMILES string of the molecule is C=Nc1ccc(S(=O)(=O)C(C)(C)C)cc1SC. The fraction of sp³-hybridized carbons (Fsp3) is 0.417. The minimum absolute atomic E-state index is 0.335. The Balaban J connectivity index is 3.41. The minimum atomic E-state index is -3.31. The number of nitrogens with zero attached hydrogens (tertiary/aromatic N) is 1. The first kappa shape index (κ1) is 14.3. The molecule has 0 radical (unpaired) electrons. The Morgan fingerprint density at radius 3 is 2.29 bits per heavy atom. The predicted molar refractivity (Wildman–Crippen MR) is 74.4 cm³/mol. The van der Waals surface area contributed by atoms with Crippen molar-refractivity contribution in [2.24, 2.45) is 4.99 Å². The number of benzene rings is 1. The second-order valence-corrected chi connectivity index (χ2v) is 8.16. The molecule has 0 aromatic heterocycles. The molecule has 0 fully saturated rings. The highest BCUT2D eigenvalue weighted by atomic mass is 32.2. The van der Waals surface area contributed by atoms with Gasteiger partial charge in [0.25, 0.3) is 0 Å². The van der Waals surface area contributed by atoms with Gasteiger partial charge in [-0.3, -0.25) is 4.99 Å². The van der Waals surface area contributed by atoms with Gasteiger partial charge in [0.15, 0.2) is 9.84 Å². The van der Waals surface area contributed by atoms with E-state index in [-0.39, 0.29) is 0 Å². The summed E-state index contributed by atoms with van der Waals surface area (Å²) in [5.74, 6) is 0. The van der Waals surface area contributed by atoms with Gasteiger partial charge in [0.1, 0.15) is 0 Å². The van der Waals surface area contributed by atoms with Crippen LogP contribution in [0, 0.1) is 0 Å². The van der Waals surface area contributed by atoms with E-state index in [1.165, 1.54) is 11.8 Å². The van der Waals surface area contributed by atoms with Crippen molar-refractivity contribution in [1.29, 1.82) is 0 Å². The second kappa shape index (κ2) is 4.82. The third-order valence-corrected chi connectivity index (χ3v) is 5.69. The standard InChI is InChI=1S/C12H17NO2S2/c1-12(2,3)17(14,15)9-6-7-10(13-4)11(8-9)16-5/h6-8H,4H2,1-3,5H3. The Kier molecular flexibility index (Phi) is 4.04. The molecule has 0 saturated heterocycles. The lowest BCUT2D eigenvalue weighted by Crippen LogP contribution is -2.27. The van der Waals surface area contributed by atoms with Crippen molar-refractivity contribution in [3.63, 3.8) is 0 Å². The molecule has 1 rings (SSSR count). The zero-order chi connectivity index (χ0) is 13.3. The van der Waals surface area contributed by atoms with Crippen LogP contribution in [0.1, 0.15) is 20.8 Å². The maximum absolute atomic E-state index is 12.3. The summed E-state index contributed by atoms with van der Waals surface area (Å²) in [7, 11) is -3.31. The average Bonchev–Trinajstić information content (AvgIpc) is 2.26. The molecule has 0 amide bonds. The van der Waals surface area contributed by atoms with E-state index in [0.29, 0.717) is 10.6 Å². The van der Waals surface area contributed by atoms with Crippen LogP contribution in [0.15, 0.2) is 33.0 Å². The van der Waals surface area contributed by atoms with Crippen molar-refractivity contribution in [1.82, 2.24) is 0 Å². The summed E-state index contributed by atoms with van der Waals surface area (Å²) >= 11 is 1.46. The van der Waals surface area contributed by atoms with Crippen LogP contribution in [-0.2, 0) is 9.84 Å². The first-order valence-corrected chi connectivity index (χ1v) is 7.84. The molecule has 3 nitrogen and oxygen atoms in total. The maximum atomic E-state index is 12.3. The molecule has 94 valence electrons. The first-order chi connectivity index (χ1) is 7.74. The highest BCUT2D eigenvalue weighted by Gasteiger charge is 2.31. The smallest absolute Gasteiger partial charge is 0.183 e. The topological polar surface area (TPSA) is 46.5 Å². The predicted octanol–water partition coefficient (Wildman–Crippen LogP) is 3.31. The molecule has 1 aromatic carbocycles. The van der Waals surface area contributed by atoms with Crippen molar-refractivity contribution >= 4 is 34.0 Å². The molecule has 0 spiro atoms. The van der Waals surface area contributed by atoms with E-state index in [0.717, 1.165) is 4.90 Å². The monoisotopic (exact) mass is 271 g/mol. The molecule has 0 aliphatic rings. The van der Waals surface area contributed by atoms with E-state index < -0.39 is 14.6 Å². The van der Waals surface area contributed by atoms with E-state index in [1.54, 1.807) is 39.0 Å². The van der Waals surface area contributed by atoms with Crippen molar-refractivity contribution in [3.05, 3.63) is 18.2 Å². The van der Waals surface area contributed by atoms with Crippen LogP contribution in [-0.4, -0.2) is 26.1 Å². The van der Waals surface area contributed by atoms with Gasteiger partial charge in [0, 0.05) is 4.90 Å². The van der Waals surface area contributed by atoms with Gasteiger partial charge in [0.05, 0.1) is 15.3 Å². The highest BCUT2D eigenvalue weighted by molar-refractivity contribution is 7.98. The van der Waals surface area contributed by atoms with E-state index >= 15 is 0 Å². The van der Waals surface area contributed by atoms with E-state index in [2.05, 4.69) is 11.7 Å². The number of hydrogen-bond donors (Lipinski definition) is 0. The second-order valence-electron chi connectivity index (χ2n) is 4.61. The number of aliphatic imine (C=N–C) groups is 1. The first-order valence-electron chi connectivity index (χ1n) is 5.13. The Morgan fingerprint density at radius 2 is 1.88 bits per heavy atom. The Bertz CT molecular complexity index is 528. The lowest BCUT2D eigenvalue weighted by atomic mass is 10.3. The maximum Gasteiger partial charge on any atom is 0.183 e. The van der Waals surface area contributed by atoms with Crippen LogP contribution >= 0.6 is 11.8 Å². The molecule has 5 heteroatoms. The molecule has 0 heterocycles. The van der Waals surface area contributed by atoms with Crippen LogP contribution in [0.4, 0.5) is 5.69 Å². The zero-order valence-corrected chi connectivity index (χ0v) is 12.2. The number of hydrogen-bond acceptors (Lipinski definition) is 4. The highest BCUT2D eigenvalue weighted by Crippen LogP contribution is 2.33. The lowest BCUT2D eigenvalue weighted by Gasteiger charge is -2.19. The van der Waals surface area contributed by atoms with Gasteiger partial charge >= 0.3 is 0 Å². The summed E-state index contributed by atoms with van der Waals surface area (Å²) in [6, 6.07) is 4.94. The summed E-state index contributed by atoms with van der Waals surface area (Å²) in [6.07, 6.45) is 1.89. The molecule has 0 unspecified atom stereocenters. The van der Waals surface area contributed by atoms with Crippen LogP contribution in [0.5, 0.6) is 0 Å². The summed E-state index contributed by atoms with van der Waals surface area (Å²) in [5.41, 5.74) is 0.713. The van der Waals surface area contributed by atoms with Crippen LogP contribution in [0.3, 0.4) is 0 Å². The minimum Gasteiger partial charge on any atom is -0.263 e. The van der Waals surface area contributed by atoms with Crippen LogP contribution in [0.25, 0.3) is 0 Å². The molecule has 0 atom stereocenters. The third-order valence-electron chi connectivity index (χ3n) is 2.44. The van der Waals surface area contributed by atoms with Gasteiger partial charge in [0.2, 0.25) is 0 Å². The number of thioether (sulfide) groups is 1. The molecular formula is C12H17NO2S2. The van der Waals surface area contributed by atoms with Crippen molar-refractivity contribution in [2.45, 2.75) is 35.3 Å². The molecule has 17 heavy (non-hydrogen) atoms. The molecule has 1 aromatic rings. The summed E-state index contributed by atoms with van der Waals surface area (Å²) in [4.78, 5) is 5.02. The quantitative estimate of drug-likeness (QED) is 0.626. The number of sulfone groups is 1. The van der Waals surface area contributed by atoms with Crippen molar-refractivity contribution in [2.75, 3.05) is 6.26 Å². The Hall–Kier alpha value is -0.810. The van der Waals surface area contributed by atoms with Crippen molar-refractivity contribution in [3.8, 4) is 0 Å². The molecule has 0 aliphatic heterocycles. The summed E-state index contributed by atoms with van der Waals surface area (Å²) < 4.78 is 23.7. The largest absolute Gasteiger partial charge is 0.263 e. The molecular weight excluding hydrogens is 254 g/mol. The third kappa shape index (κ3) is 2.72. The fourth-order valence-corrected chi connectivity index (χ4v) is 3.20. The zero-order valence-electron chi connectivity index (χ0n) is 10.5. The molecule has 0 saturated carbocycles. The van der Waals surface area contributed by atoms with Crippen LogP contribution in [0.2, 0.25) is 0 Å². The van der Waals surface area contributed by atoms with Crippen molar-refractivity contribution < 1.29 is 8.42 Å². The van der Waals surface area contributed by atoms with Gasteiger partial charge in [-0.05, 0) is 51.9 Å². The van der Waals surface area contributed by atoms with Gasteiger partial charge in [-0.15, -0.1) is 11.8 Å². The fourth-order valence-electron chi connectivity index (χ4n) is 1.31. The van der Waals surface area contributed by atoms with E-state index in [4.69, 9.17) is 0 Å². The Labute approximate surface area is 107 Å². The van der Waals surface area contributed by atoms with E-state index in [9.17, 15) is 8.42 Å². The van der Waals surface area contributed by atoms with Gasteiger partial charge < -0.3 is 0 Å². The molecule has 0 aliphatic carbocycles. The molecule has 0 N–H and O–H groups in total. The van der Waals surface area contributed by atoms with Gasteiger partial charge in [-0.1, -0.05) is 0 Å². The summed E-state index contributed by atoms with van der Waals surface area (Å²) in [6.45, 7) is 8.55. The lowest BCUT2D eigenvalue weighted by molar-refractivity contribution is 0.560. The van der Waals surface area contributed by atoms with Gasteiger partial charge in [-0.25, -0.2) is 8.42 Å². The van der Waals surface area contributed by atoms with Gasteiger partial charge in [-0.2, -0.15) is 0 Å².